The smallest absolute Gasteiger partial charge is 0.311 e. The molecule has 2 rings (SSSR count). The van der Waals surface area contributed by atoms with E-state index in [-0.39, 0.29) is 5.97 Å². The van der Waals surface area contributed by atoms with Crippen molar-refractivity contribution < 1.29 is 9.53 Å². The Balaban J connectivity index is 2.23. The molecule has 2 nitrogen and oxygen atoms in total. The second-order valence-electron chi connectivity index (χ2n) is 5.57. The highest BCUT2D eigenvalue weighted by atomic mass is 79.9. The van der Waals surface area contributed by atoms with Crippen LogP contribution < -0.4 is 0 Å². The third-order valence-electron chi connectivity index (χ3n) is 3.75. The maximum absolute atomic E-state index is 12.0. The molecule has 0 heterocycles. The molecule has 106 valence electrons. The van der Waals surface area contributed by atoms with Crippen molar-refractivity contribution in [2.24, 2.45) is 5.41 Å². The van der Waals surface area contributed by atoms with Crippen LogP contribution in [0.5, 0.6) is 0 Å². The van der Waals surface area contributed by atoms with Crippen LogP contribution in [-0.2, 0) is 16.1 Å². The van der Waals surface area contributed by atoms with Crippen molar-refractivity contribution >= 4 is 32.7 Å². The van der Waals surface area contributed by atoms with E-state index in [1.807, 2.05) is 51.1 Å². The van der Waals surface area contributed by atoms with Crippen LogP contribution >= 0.6 is 15.9 Å². The van der Waals surface area contributed by atoms with Crippen molar-refractivity contribution in [1.82, 2.24) is 0 Å². The standard InChI is InChI=1S/C17H19BrO2/c1-4-17(2,3)16(19)20-11-12-7-5-9-14-13(12)8-6-10-15(14)18/h5-10H,4,11H2,1-3H3. The Hall–Kier alpha value is -1.35. The number of fused-ring (bicyclic) bond motifs is 1. The lowest BCUT2D eigenvalue weighted by Gasteiger charge is -2.20. The van der Waals surface area contributed by atoms with Gasteiger partial charge in [0, 0.05) is 4.47 Å². The number of carbonyl (C=O) groups excluding carboxylic acids is 1. The Morgan fingerprint density at radius 3 is 2.50 bits per heavy atom. The molecule has 0 atom stereocenters. The molecule has 2 aromatic carbocycles. The van der Waals surface area contributed by atoms with Gasteiger partial charge in [-0.2, -0.15) is 0 Å². The number of hydrogen-bond donors (Lipinski definition) is 0. The summed E-state index contributed by atoms with van der Waals surface area (Å²) in [6.45, 7) is 6.14. The fourth-order valence-electron chi connectivity index (χ4n) is 1.95. The molecule has 20 heavy (non-hydrogen) atoms. The average molecular weight is 335 g/mol. The van der Waals surface area contributed by atoms with Crippen LogP contribution in [0.3, 0.4) is 0 Å². The predicted molar refractivity (Wildman–Crippen MR) is 85.5 cm³/mol. The Labute approximate surface area is 128 Å². The van der Waals surface area contributed by atoms with Gasteiger partial charge in [-0.05, 0) is 42.7 Å². The Bertz CT molecular complexity index is 632. The van der Waals surface area contributed by atoms with Crippen molar-refractivity contribution in [2.75, 3.05) is 0 Å². The second kappa shape index (κ2) is 5.96. The topological polar surface area (TPSA) is 26.3 Å². The summed E-state index contributed by atoms with van der Waals surface area (Å²) < 4.78 is 6.53. The van der Waals surface area contributed by atoms with E-state index in [4.69, 9.17) is 4.74 Å². The van der Waals surface area contributed by atoms with Crippen LogP contribution in [0.25, 0.3) is 10.8 Å². The average Bonchev–Trinajstić information content (AvgIpc) is 2.45. The highest BCUT2D eigenvalue weighted by molar-refractivity contribution is 9.10. The summed E-state index contributed by atoms with van der Waals surface area (Å²) >= 11 is 3.55. The first-order chi connectivity index (χ1) is 9.45. The van der Waals surface area contributed by atoms with Gasteiger partial charge in [0.2, 0.25) is 0 Å². The van der Waals surface area contributed by atoms with Crippen LogP contribution in [0, 0.1) is 5.41 Å². The Morgan fingerprint density at radius 1 is 1.15 bits per heavy atom. The van der Waals surface area contributed by atoms with Crippen LogP contribution in [0.1, 0.15) is 32.8 Å². The minimum atomic E-state index is -0.425. The van der Waals surface area contributed by atoms with Gasteiger partial charge in [-0.1, -0.05) is 53.2 Å². The van der Waals surface area contributed by atoms with E-state index in [1.54, 1.807) is 0 Å². The zero-order valence-corrected chi connectivity index (χ0v) is 13.7. The largest absolute Gasteiger partial charge is 0.460 e. The van der Waals surface area contributed by atoms with Crippen molar-refractivity contribution in [3.63, 3.8) is 0 Å². The molecule has 0 unspecified atom stereocenters. The molecule has 0 aliphatic carbocycles. The number of ether oxygens (including phenoxy) is 1. The molecule has 0 aromatic heterocycles. The van der Waals surface area contributed by atoms with Gasteiger partial charge in [-0.15, -0.1) is 0 Å². The zero-order valence-electron chi connectivity index (χ0n) is 12.1. The Kier molecular flexibility index (Phi) is 4.48. The van der Waals surface area contributed by atoms with Crippen LogP contribution in [0.4, 0.5) is 0 Å². The lowest BCUT2D eigenvalue weighted by molar-refractivity contribution is -0.155. The Morgan fingerprint density at radius 2 is 1.80 bits per heavy atom. The maximum Gasteiger partial charge on any atom is 0.311 e. The molecule has 3 heteroatoms. The fourth-order valence-corrected chi connectivity index (χ4v) is 2.44. The summed E-state index contributed by atoms with van der Waals surface area (Å²) in [5.74, 6) is -0.146. The molecule has 0 aliphatic heterocycles. The summed E-state index contributed by atoms with van der Waals surface area (Å²) in [5, 5.41) is 2.25. The van der Waals surface area contributed by atoms with Crippen molar-refractivity contribution in [1.29, 1.82) is 0 Å². The van der Waals surface area contributed by atoms with Crippen molar-refractivity contribution in [2.45, 2.75) is 33.8 Å². The van der Waals surface area contributed by atoms with E-state index in [1.165, 1.54) is 0 Å². The summed E-state index contributed by atoms with van der Waals surface area (Å²) in [6.07, 6.45) is 0.771. The molecule has 0 radical (unpaired) electrons. The van der Waals surface area contributed by atoms with Crippen LogP contribution in [0.15, 0.2) is 40.9 Å². The first-order valence-corrected chi connectivity index (χ1v) is 7.58. The summed E-state index contributed by atoms with van der Waals surface area (Å²) in [4.78, 5) is 12.0. The molecular formula is C17H19BrO2. The number of esters is 1. The zero-order chi connectivity index (χ0) is 14.8. The van der Waals surface area contributed by atoms with Crippen molar-refractivity contribution in [3.8, 4) is 0 Å². The second-order valence-corrected chi connectivity index (χ2v) is 6.42. The number of hydrogen-bond acceptors (Lipinski definition) is 2. The fraction of sp³-hybridized carbons (Fsp3) is 0.353. The first-order valence-electron chi connectivity index (χ1n) is 6.79. The van der Waals surface area contributed by atoms with Crippen LogP contribution in [-0.4, -0.2) is 5.97 Å². The molecule has 0 saturated heterocycles. The van der Waals surface area contributed by atoms with Gasteiger partial charge < -0.3 is 4.74 Å². The molecule has 2 aromatic rings. The van der Waals surface area contributed by atoms with Gasteiger partial charge >= 0.3 is 5.97 Å². The minimum Gasteiger partial charge on any atom is -0.460 e. The summed E-state index contributed by atoms with van der Waals surface area (Å²) in [5.41, 5.74) is 0.606. The number of halogens is 1. The molecule has 0 saturated carbocycles. The summed E-state index contributed by atoms with van der Waals surface area (Å²) in [7, 11) is 0. The minimum absolute atomic E-state index is 0.146. The number of carbonyl (C=O) groups is 1. The van der Waals surface area contributed by atoms with E-state index >= 15 is 0 Å². The van der Waals surface area contributed by atoms with E-state index in [9.17, 15) is 4.79 Å². The quantitative estimate of drug-likeness (QED) is 0.728. The molecule has 0 N–H and O–H groups in total. The normalized spacial score (nSPS) is 11.6. The molecule has 0 spiro atoms. The van der Waals surface area contributed by atoms with Gasteiger partial charge in [0.25, 0.3) is 0 Å². The molecular weight excluding hydrogens is 316 g/mol. The molecule has 0 amide bonds. The summed E-state index contributed by atoms with van der Waals surface area (Å²) in [6, 6.07) is 12.1. The van der Waals surface area contributed by atoms with Gasteiger partial charge in [0.15, 0.2) is 0 Å². The monoisotopic (exact) mass is 334 g/mol. The van der Waals surface area contributed by atoms with E-state index < -0.39 is 5.41 Å². The number of rotatable bonds is 4. The highest BCUT2D eigenvalue weighted by Crippen LogP contribution is 2.28. The van der Waals surface area contributed by atoms with Gasteiger partial charge in [0.1, 0.15) is 6.61 Å². The van der Waals surface area contributed by atoms with Crippen molar-refractivity contribution in [3.05, 3.63) is 46.4 Å². The van der Waals surface area contributed by atoms with Gasteiger partial charge in [-0.3, -0.25) is 4.79 Å². The molecule has 0 fully saturated rings. The van der Waals surface area contributed by atoms with Gasteiger partial charge in [0.05, 0.1) is 5.41 Å². The van der Waals surface area contributed by atoms with Crippen LogP contribution in [0.2, 0.25) is 0 Å². The molecule has 0 bridgehead atoms. The molecule has 0 aliphatic rings. The lowest BCUT2D eigenvalue weighted by Crippen LogP contribution is -2.25. The lowest BCUT2D eigenvalue weighted by atomic mass is 9.91. The van der Waals surface area contributed by atoms with E-state index in [0.29, 0.717) is 6.61 Å². The number of benzene rings is 2. The predicted octanol–water partition coefficient (Wildman–Crippen LogP) is 5.08. The first kappa shape index (κ1) is 15.0. The van der Waals surface area contributed by atoms with E-state index in [2.05, 4.69) is 22.0 Å². The highest BCUT2D eigenvalue weighted by Gasteiger charge is 2.27. The van der Waals surface area contributed by atoms with Gasteiger partial charge in [-0.25, -0.2) is 0 Å². The maximum atomic E-state index is 12.0. The third kappa shape index (κ3) is 3.04. The van der Waals surface area contributed by atoms with E-state index in [0.717, 1.165) is 27.2 Å². The SMILES string of the molecule is CCC(C)(C)C(=O)OCc1cccc2c(Br)cccc12. The third-order valence-corrected chi connectivity index (χ3v) is 4.45.